The molecule has 0 fully saturated rings. The van der Waals surface area contributed by atoms with E-state index < -0.39 is 0 Å². The van der Waals surface area contributed by atoms with Crippen LogP contribution in [0.3, 0.4) is 0 Å². The smallest absolute Gasteiger partial charge is 0.262 e. The van der Waals surface area contributed by atoms with Gasteiger partial charge in [0.25, 0.3) is 5.56 Å². The average Bonchev–Trinajstić information content (AvgIpc) is 2.57. The molecular weight excluding hydrogens is 290 g/mol. The Morgan fingerprint density at radius 1 is 1.22 bits per heavy atom. The van der Waals surface area contributed by atoms with Gasteiger partial charge in [-0.05, 0) is 32.1 Å². The van der Waals surface area contributed by atoms with Gasteiger partial charge in [0.1, 0.15) is 5.75 Å². The van der Waals surface area contributed by atoms with Gasteiger partial charge in [-0.1, -0.05) is 25.7 Å². The maximum absolute atomic E-state index is 12.4. The highest BCUT2D eigenvalue weighted by molar-refractivity contribution is 5.78. The molecule has 0 radical (unpaired) electrons. The molecule has 0 atom stereocenters. The van der Waals surface area contributed by atoms with Crippen molar-refractivity contribution in [2.45, 2.75) is 27.3 Å². The zero-order valence-electron chi connectivity index (χ0n) is 14.0. The molecule has 0 amide bonds. The van der Waals surface area contributed by atoms with E-state index in [9.17, 15) is 4.79 Å². The van der Waals surface area contributed by atoms with E-state index in [1.807, 2.05) is 6.92 Å². The van der Waals surface area contributed by atoms with Gasteiger partial charge < -0.3 is 4.74 Å². The van der Waals surface area contributed by atoms with E-state index in [4.69, 9.17) is 4.74 Å². The summed E-state index contributed by atoms with van der Waals surface area (Å²) in [6.07, 6.45) is 1.55. The predicted octanol–water partition coefficient (Wildman–Crippen LogP) is 2.14. The molecule has 1 aromatic heterocycles. The third kappa shape index (κ3) is 4.33. The van der Waals surface area contributed by atoms with Crippen molar-refractivity contribution in [1.82, 2.24) is 14.5 Å². The van der Waals surface area contributed by atoms with Crippen molar-refractivity contribution in [1.29, 1.82) is 0 Å². The molecule has 1 heterocycles. The van der Waals surface area contributed by atoms with Crippen LogP contribution in [0.25, 0.3) is 10.9 Å². The van der Waals surface area contributed by atoms with Crippen LogP contribution in [0.4, 0.5) is 0 Å². The van der Waals surface area contributed by atoms with Crippen molar-refractivity contribution in [2.24, 2.45) is 0 Å². The zero-order chi connectivity index (χ0) is 16.7. The summed E-state index contributed by atoms with van der Waals surface area (Å²) in [6, 6.07) is 5.34. The average molecular weight is 313 g/mol. The Morgan fingerprint density at radius 3 is 2.70 bits per heavy atom. The van der Waals surface area contributed by atoms with Gasteiger partial charge in [-0.15, -0.1) is 0 Å². The standard InChI is InChI=1S/C18H23N3O2/c1-4-20(5-2)11-7-8-12-21-14-19-17-13-15(23-6-3)9-10-16(17)18(21)22/h9-10,13-14H,4-6,11-12H2,1-3H3. The number of rotatable bonds is 6. The second kappa shape index (κ2) is 8.35. The molecule has 0 aliphatic carbocycles. The number of hydrogen-bond acceptors (Lipinski definition) is 4. The maximum Gasteiger partial charge on any atom is 0.262 e. The molecule has 5 heteroatoms. The highest BCUT2D eigenvalue weighted by Gasteiger charge is 2.04. The lowest BCUT2D eigenvalue weighted by Gasteiger charge is -2.13. The van der Waals surface area contributed by atoms with Crippen molar-refractivity contribution in [3.8, 4) is 17.6 Å². The third-order valence-corrected chi connectivity index (χ3v) is 3.68. The van der Waals surface area contributed by atoms with E-state index in [2.05, 4.69) is 35.6 Å². The highest BCUT2D eigenvalue weighted by atomic mass is 16.5. The Balaban J connectivity index is 2.17. The van der Waals surface area contributed by atoms with E-state index in [-0.39, 0.29) is 5.56 Å². The molecule has 0 aliphatic rings. The van der Waals surface area contributed by atoms with E-state index in [0.717, 1.165) is 25.4 Å². The SMILES string of the molecule is CCOc1ccc2c(=O)n(CC#CCN(CC)CC)cnc2c1. The van der Waals surface area contributed by atoms with Gasteiger partial charge in [-0.25, -0.2) is 4.98 Å². The second-order valence-corrected chi connectivity index (χ2v) is 5.10. The Morgan fingerprint density at radius 2 is 2.00 bits per heavy atom. The molecule has 0 saturated heterocycles. The fraction of sp³-hybridized carbons (Fsp3) is 0.444. The summed E-state index contributed by atoms with van der Waals surface area (Å²) < 4.78 is 6.97. The molecule has 23 heavy (non-hydrogen) atoms. The first-order valence-electron chi connectivity index (χ1n) is 7.99. The number of hydrogen-bond donors (Lipinski definition) is 0. The van der Waals surface area contributed by atoms with Crippen molar-refractivity contribution < 1.29 is 4.74 Å². The number of nitrogens with zero attached hydrogens (tertiary/aromatic N) is 3. The number of aromatic nitrogens is 2. The van der Waals surface area contributed by atoms with Crippen LogP contribution < -0.4 is 10.3 Å². The van der Waals surface area contributed by atoms with Crippen molar-refractivity contribution in [3.63, 3.8) is 0 Å². The molecular formula is C18H23N3O2. The van der Waals surface area contributed by atoms with Gasteiger partial charge in [0.2, 0.25) is 0 Å². The van der Waals surface area contributed by atoms with Crippen LogP contribution in [0.1, 0.15) is 20.8 Å². The van der Waals surface area contributed by atoms with Crippen molar-refractivity contribution in [3.05, 3.63) is 34.9 Å². The minimum absolute atomic E-state index is 0.0739. The van der Waals surface area contributed by atoms with Gasteiger partial charge >= 0.3 is 0 Å². The summed E-state index contributed by atoms with van der Waals surface area (Å²) in [7, 11) is 0. The molecule has 2 rings (SSSR count). The molecule has 0 N–H and O–H groups in total. The van der Waals surface area contributed by atoms with Crippen LogP contribution in [0, 0.1) is 11.8 Å². The Kier molecular flexibility index (Phi) is 6.19. The first-order chi connectivity index (χ1) is 11.2. The molecule has 122 valence electrons. The largest absolute Gasteiger partial charge is 0.494 e. The molecule has 2 aromatic rings. The molecule has 0 bridgehead atoms. The summed E-state index contributed by atoms with van der Waals surface area (Å²) in [6.45, 7) is 9.77. The number of benzene rings is 1. The number of fused-ring (bicyclic) bond motifs is 1. The van der Waals surface area contributed by atoms with Crippen LogP contribution in [-0.4, -0.2) is 40.7 Å². The summed E-state index contributed by atoms with van der Waals surface area (Å²) >= 11 is 0. The predicted molar refractivity (Wildman–Crippen MR) is 92.7 cm³/mol. The first kappa shape index (κ1) is 17.0. The van der Waals surface area contributed by atoms with Gasteiger partial charge in [0, 0.05) is 6.07 Å². The maximum atomic E-state index is 12.4. The van der Waals surface area contributed by atoms with Crippen LogP contribution >= 0.6 is 0 Å². The van der Waals surface area contributed by atoms with Crippen LogP contribution in [0.15, 0.2) is 29.3 Å². The van der Waals surface area contributed by atoms with E-state index in [1.165, 1.54) is 4.57 Å². The monoisotopic (exact) mass is 313 g/mol. The summed E-state index contributed by atoms with van der Waals surface area (Å²) in [5.74, 6) is 6.88. The lowest BCUT2D eigenvalue weighted by Crippen LogP contribution is -2.23. The number of ether oxygens (including phenoxy) is 1. The molecule has 0 aliphatic heterocycles. The lowest BCUT2D eigenvalue weighted by molar-refractivity contribution is 0.340. The summed E-state index contributed by atoms with van der Waals surface area (Å²) in [5.41, 5.74) is 0.573. The summed E-state index contributed by atoms with van der Waals surface area (Å²) in [5, 5.41) is 0.585. The van der Waals surface area contributed by atoms with E-state index >= 15 is 0 Å². The molecule has 1 aromatic carbocycles. The van der Waals surface area contributed by atoms with Crippen LogP contribution in [0.5, 0.6) is 5.75 Å². The minimum atomic E-state index is -0.0739. The van der Waals surface area contributed by atoms with Crippen molar-refractivity contribution in [2.75, 3.05) is 26.2 Å². The lowest BCUT2D eigenvalue weighted by atomic mass is 10.2. The quantitative estimate of drug-likeness (QED) is 0.767. The Hall–Kier alpha value is -2.32. The highest BCUT2D eigenvalue weighted by Crippen LogP contribution is 2.16. The van der Waals surface area contributed by atoms with Gasteiger partial charge in [0.15, 0.2) is 0 Å². The Bertz CT molecular complexity index is 767. The third-order valence-electron chi connectivity index (χ3n) is 3.68. The van der Waals surface area contributed by atoms with Crippen LogP contribution in [-0.2, 0) is 6.54 Å². The fourth-order valence-corrected chi connectivity index (χ4v) is 2.26. The summed E-state index contributed by atoms with van der Waals surface area (Å²) in [4.78, 5) is 19.0. The van der Waals surface area contributed by atoms with E-state index in [0.29, 0.717) is 24.1 Å². The molecule has 5 nitrogen and oxygen atoms in total. The van der Waals surface area contributed by atoms with Gasteiger partial charge in [0.05, 0.1) is 36.9 Å². The zero-order valence-corrected chi connectivity index (χ0v) is 14.0. The topological polar surface area (TPSA) is 47.4 Å². The first-order valence-corrected chi connectivity index (χ1v) is 7.99. The minimum Gasteiger partial charge on any atom is -0.494 e. The van der Waals surface area contributed by atoms with E-state index in [1.54, 1.807) is 24.5 Å². The fourth-order valence-electron chi connectivity index (χ4n) is 2.26. The Labute approximate surface area is 136 Å². The second-order valence-electron chi connectivity index (χ2n) is 5.10. The molecule has 0 unspecified atom stereocenters. The normalized spacial score (nSPS) is 10.6. The van der Waals surface area contributed by atoms with Crippen LogP contribution in [0.2, 0.25) is 0 Å². The van der Waals surface area contributed by atoms with Gasteiger partial charge in [-0.2, -0.15) is 0 Å². The molecule has 0 spiro atoms. The van der Waals surface area contributed by atoms with Gasteiger partial charge in [-0.3, -0.25) is 14.3 Å². The van der Waals surface area contributed by atoms with Crippen molar-refractivity contribution >= 4 is 10.9 Å². The molecule has 0 saturated carbocycles.